The summed E-state index contributed by atoms with van der Waals surface area (Å²) in [7, 11) is 0. The van der Waals surface area contributed by atoms with Crippen LogP contribution in [0.5, 0.6) is 0 Å². The molecule has 96 valence electrons. The molecule has 0 radical (unpaired) electrons. The summed E-state index contributed by atoms with van der Waals surface area (Å²) in [6.45, 7) is 1.51. The first kappa shape index (κ1) is 12.4. The van der Waals surface area contributed by atoms with Crippen LogP contribution < -0.4 is 0 Å². The van der Waals surface area contributed by atoms with Crippen LogP contribution in [-0.4, -0.2) is 35.0 Å². The highest BCUT2D eigenvalue weighted by Gasteiger charge is 2.30. The third-order valence-electron chi connectivity index (χ3n) is 4.09. The van der Waals surface area contributed by atoms with Crippen LogP contribution in [0.15, 0.2) is 0 Å². The van der Waals surface area contributed by atoms with E-state index in [2.05, 4.69) is 0 Å². The number of amides is 1. The Kier molecular flexibility index (Phi) is 4.02. The summed E-state index contributed by atoms with van der Waals surface area (Å²) < 4.78 is 0. The maximum atomic E-state index is 12.1. The Morgan fingerprint density at radius 1 is 1.06 bits per heavy atom. The van der Waals surface area contributed by atoms with Crippen molar-refractivity contribution in [1.29, 1.82) is 0 Å². The third kappa shape index (κ3) is 3.20. The maximum absolute atomic E-state index is 12.1. The fraction of sp³-hybridized carbons (Fsp3) is 0.846. The Labute approximate surface area is 102 Å². The molecule has 0 aromatic carbocycles. The van der Waals surface area contributed by atoms with Crippen LogP contribution in [0.3, 0.4) is 0 Å². The molecule has 0 bridgehead atoms. The highest BCUT2D eigenvalue weighted by molar-refractivity contribution is 5.79. The topological polar surface area (TPSA) is 57.6 Å². The molecule has 1 saturated carbocycles. The molecule has 1 N–H and O–H groups in total. The van der Waals surface area contributed by atoms with Gasteiger partial charge in [-0.1, -0.05) is 12.8 Å². The van der Waals surface area contributed by atoms with Gasteiger partial charge in [0.15, 0.2) is 0 Å². The molecule has 0 spiro atoms. The summed E-state index contributed by atoms with van der Waals surface area (Å²) in [6, 6.07) is 0. The molecule has 0 unspecified atom stereocenters. The van der Waals surface area contributed by atoms with Crippen LogP contribution in [0.2, 0.25) is 0 Å². The molecule has 2 fully saturated rings. The predicted octanol–water partition coefficient (Wildman–Crippen LogP) is 1.89. The SMILES string of the molecule is O=C(O)CC1CCN(C(=O)C2CCCC2)CC1. The minimum absolute atomic E-state index is 0.255. The van der Waals surface area contributed by atoms with Crippen molar-refractivity contribution >= 4 is 11.9 Å². The normalized spacial score (nSPS) is 22.9. The third-order valence-corrected chi connectivity index (χ3v) is 4.09. The highest BCUT2D eigenvalue weighted by Crippen LogP contribution is 2.29. The Bertz CT molecular complexity index is 289. The zero-order valence-electron chi connectivity index (χ0n) is 10.2. The number of carboxylic acid groups (broad SMARTS) is 1. The highest BCUT2D eigenvalue weighted by atomic mass is 16.4. The van der Waals surface area contributed by atoms with Crippen LogP contribution >= 0.6 is 0 Å². The summed E-state index contributed by atoms with van der Waals surface area (Å²) in [6.07, 6.45) is 6.43. The van der Waals surface area contributed by atoms with Gasteiger partial charge >= 0.3 is 5.97 Å². The molecular formula is C13H21NO3. The van der Waals surface area contributed by atoms with Crippen molar-refractivity contribution in [1.82, 2.24) is 4.90 Å². The molecule has 2 rings (SSSR count). The number of carbonyl (C=O) groups is 2. The van der Waals surface area contributed by atoms with Crippen LogP contribution in [0, 0.1) is 11.8 Å². The second-order valence-corrected chi connectivity index (χ2v) is 5.35. The molecule has 17 heavy (non-hydrogen) atoms. The van der Waals surface area contributed by atoms with Crippen LogP contribution in [0.4, 0.5) is 0 Å². The number of hydrogen-bond acceptors (Lipinski definition) is 2. The molecule has 0 atom stereocenters. The van der Waals surface area contributed by atoms with E-state index >= 15 is 0 Å². The van der Waals surface area contributed by atoms with Gasteiger partial charge in [0.2, 0.25) is 5.91 Å². The van der Waals surface area contributed by atoms with Gasteiger partial charge < -0.3 is 10.0 Å². The monoisotopic (exact) mass is 239 g/mol. The standard InChI is InChI=1S/C13H21NO3/c15-12(16)9-10-5-7-14(8-6-10)13(17)11-3-1-2-4-11/h10-11H,1-9H2,(H,15,16). The summed E-state index contributed by atoms with van der Waals surface area (Å²) in [5.74, 6) is 0.119. The fourth-order valence-electron chi connectivity index (χ4n) is 3.04. The Hall–Kier alpha value is -1.06. The largest absolute Gasteiger partial charge is 0.481 e. The van der Waals surface area contributed by atoms with E-state index in [1.54, 1.807) is 0 Å². The smallest absolute Gasteiger partial charge is 0.303 e. The Morgan fingerprint density at radius 2 is 1.65 bits per heavy atom. The average Bonchev–Trinajstić information content (AvgIpc) is 2.82. The number of carboxylic acids is 1. The zero-order chi connectivity index (χ0) is 12.3. The van der Waals surface area contributed by atoms with Gasteiger partial charge in [-0.2, -0.15) is 0 Å². The molecule has 0 aromatic heterocycles. The second-order valence-electron chi connectivity index (χ2n) is 5.35. The van der Waals surface area contributed by atoms with Crippen molar-refractivity contribution in [3.63, 3.8) is 0 Å². The average molecular weight is 239 g/mol. The van der Waals surface area contributed by atoms with Crippen LogP contribution in [0.25, 0.3) is 0 Å². The van der Waals surface area contributed by atoms with E-state index in [0.717, 1.165) is 38.8 Å². The molecule has 4 nitrogen and oxygen atoms in total. The minimum Gasteiger partial charge on any atom is -0.481 e. The lowest BCUT2D eigenvalue weighted by molar-refractivity contribution is -0.139. The molecule has 2 aliphatic rings. The minimum atomic E-state index is -0.717. The van der Waals surface area contributed by atoms with E-state index in [1.165, 1.54) is 12.8 Å². The lowest BCUT2D eigenvalue weighted by atomic mass is 9.92. The first-order valence-corrected chi connectivity index (χ1v) is 6.67. The van der Waals surface area contributed by atoms with Crippen LogP contribution in [0.1, 0.15) is 44.9 Å². The fourth-order valence-corrected chi connectivity index (χ4v) is 3.04. The van der Waals surface area contributed by atoms with Gasteiger partial charge in [-0.15, -0.1) is 0 Å². The van der Waals surface area contributed by atoms with Gasteiger partial charge in [0.25, 0.3) is 0 Å². The lowest BCUT2D eigenvalue weighted by Gasteiger charge is -2.33. The number of nitrogens with zero attached hydrogens (tertiary/aromatic N) is 1. The Balaban J connectivity index is 1.78. The second kappa shape index (κ2) is 5.52. The van der Waals surface area contributed by atoms with Gasteiger partial charge in [0.1, 0.15) is 0 Å². The van der Waals surface area contributed by atoms with E-state index in [9.17, 15) is 9.59 Å². The summed E-state index contributed by atoms with van der Waals surface area (Å²) in [5, 5.41) is 8.73. The van der Waals surface area contributed by atoms with Crippen molar-refractivity contribution in [2.75, 3.05) is 13.1 Å². The molecule has 1 aliphatic heterocycles. The maximum Gasteiger partial charge on any atom is 0.303 e. The van der Waals surface area contributed by atoms with E-state index in [-0.39, 0.29) is 18.3 Å². The predicted molar refractivity (Wildman–Crippen MR) is 63.5 cm³/mol. The van der Waals surface area contributed by atoms with Crippen molar-refractivity contribution in [2.24, 2.45) is 11.8 Å². The van der Waals surface area contributed by atoms with Gasteiger partial charge in [-0.25, -0.2) is 0 Å². The summed E-state index contributed by atoms with van der Waals surface area (Å²) in [5.41, 5.74) is 0. The van der Waals surface area contributed by atoms with Crippen LogP contribution in [-0.2, 0) is 9.59 Å². The van der Waals surface area contributed by atoms with Crippen molar-refractivity contribution in [3.05, 3.63) is 0 Å². The number of hydrogen-bond donors (Lipinski definition) is 1. The van der Waals surface area contributed by atoms with Gasteiger partial charge in [0, 0.05) is 25.4 Å². The van der Waals surface area contributed by atoms with E-state index in [1.807, 2.05) is 4.90 Å². The van der Waals surface area contributed by atoms with E-state index < -0.39 is 5.97 Å². The van der Waals surface area contributed by atoms with E-state index in [4.69, 9.17) is 5.11 Å². The molecular weight excluding hydrogens is 218 g/mol. The quantitative estimate of drug-likeness (QED) is 0.818. The molecule has 1 heterocycles. The molecule has 1 amide bonds. The van der Waals surface area contributed by atoms with Gasteiger partial charge in [-0.3, -0.25) is 9.59 Å². The zero-order valence-corrected chi connectivity index (χ0v) is 10.2. The number of carbonyl (C=O) groups excluding carboxylic acids is 1. The van der Waals surface area contributed by atoms with E-state index in [0.29, 0.717) is 5.91 Å². The van der Waals surface area contributed by atoms with Crippen molar-refractivity contribution in [3.8, 4) is 0 Å². The van der Waals surface area contributed by atoms with Crippen molar-refractivity contribution < 1.29 is 14.7 Å². The molecule has 0 aromatic rings. The summed E-state index contributed by atoms with van der Waals surface area (Å²) >= 11 is 0. The van der Waals surface area contributed by atoms with Gasteiger partial charge in [-0.05, 0) is 31.6 Å². The Morgan fingerprint density at radius 3 is 2.18 bits per heavy atom. The van der Waals surface area contributed by atoms with Crippen molar-refractivity contribution in [2.45, 2.75) is 44.9 Å². The molecule has 1 saturated heterocycles. The van der Waals surface area contributed by atoms with Gasteiger partial charge in [0.05, 0.1) is 0 Å². The molecule has 4 heteroatoms. The first-order valence-electron chi connectivity index (χ1n) is 6.67. The summed E-state index contributed by atoms with van der Waals surface area (Å²) in [4.78, 5) is 24.7. The molecule has 1 aliphatic carbocycles. The first-order chi connectivity index (χ1) is 8.16. The number of likely N-dealkylation sites (tertiary alicyclic amines) is 1. The number of rotatable bonds is 3. The number of piperidine rings is 1. The number of aliphatic carboxylic acids is 1. The lowest BCUT2D eigenvalue weighted by Crippen LogP contribution is -2.41.